The van der Waals surface area contributed by atoms with Crippen LogP contribution in [0.15, 0.2) is 54.6 Å². The molecule has 0 saturated carbocycles. The Labute approximate surface area is 183 Å². The van der Waals surface area contributed by atoms with E-state index in [1.807, 2.05) is 30.3 Å². The van der Waals surface area contributed by atoms with Crippen molar-refractivity contribution in [1.29, 1.82) is 0 Å². The van der Waals surface area contributed by atoms with Gasteiger partial charge in [0.05, 0.1) is 12.2 Å². The van der Waals surface area contributed by atoms with Crippen molar-refractivity contribution in [2.45, 2.75) is 24.7 Å². The molecule has 0 spiro atoms. The molecule has 4 rings (SSSR count). The van der Waals surface area contributed by atoms with Crippen LogP contribution in [0.5, 0.6) is 5.88 Å². The molecule has 1 aliphatic rings. The molecule has 2 aromatic carbocycles. The average Bonchev–Trinajstić information content (AvgIpc) is 3.29. The molecule has 1 fully saturated rings. The number of nitrogens with zero attached hydrogens (tertiary/aromatic N) is 1. The van der Waals surface area contributed by atoms with Gasteiger partial charge in [0, 0.05) is 41.5 Å². The second-order valence-corrected chi connectivity index (χ2v) is 7.96. The van der Waals surface area contributed by atoms with Crippen LogP contribution in [-0.4, -0.2) is 63.4 Å². The zero-order valence-corrected chi connectivity index (χ0v) is 17.2. The van der Waals surface area contributed by atoms with Crippen molar-refractivity contribution >= 4 is 34.5 Å². The standard InChI is InChI=1S/C22H22ClN3O5/c23-15-6-7-16-14(9-15)10-20(24-16)31-22(30)25-17(8-13-4-2-1-3-5-13)21(29)26-11-18(27)19(28)12-26/h1-7,9-10,17-19,24,27-28H,8,11-12H2,(H,25,30)/t17-,18-,19-/m0/s1. The van der Waals surface area contributed by atoms with E-state index in [0.29, 0.717) is 5.02 Å². The lowest BCUT2D eigenvalue weighted by Crippen LogP contribution is -2.50. The fourth-order valence-corrected chi connectivity index (χ4v) is 3.80. The summed E-state index contributed by atoms with van der Waals surface area (Å²) in [4.78, 5) is 29.9. The number of rotatable bonds is 5. The van der Waals surface area contributed by atoms with Gasteiger partial charge in [0.1, 0.15) is 6.04 Å². The van der Waals surface area contributed by atoms with E-state index < -0.39 is 30.3 Å². The Kier molecular flexibility index (Phi) is 6.13. The van der Waals surface area contributed by atoms with E-state index in [0.717, 1.165) is 16.5 Å². The number of fused-ring (bicyclic) bond motifs is 1. The normalized spacial score (nSPS) is 19.4. The fourth-order valence-electron chi connectivity index (χ4n) is 3.62. The van der Waals surface area contributed by atoms with Crippen LogP contribution < -0.4 is 10.1 Å². The number of aliphatic hydroxyl groups excluding tert-OH is 2. The molecule has 9 heteroatoms. The van der Waals surface area contributed by atoms with E-state index in [2.05, 4.69) is 10.3 Å². The van der Waals surface area contributed by atoms with Crippen LogP contribution in [0.1, 0.15) is 5.56 Å². The number of H-pyrrole nitrogens is 1. The third-order valence-corrected chi connectivity index (χ3v) is 5.44. The first-order chi connectivity index (χ1) is 14.9. The number of carbonyl (C=O) groups excluding carboxylic acids is 2. The van der Waals surface area contributed by atoms with Crippen LogP contribution in [-0.2, 0) is 11.2 Å². The minimum Gasteiger partial charge on any atom is -0.393 e. The Balaban J connectivity index is 1.48. The highest BCUT2D eigenvalue weighted by Crippen LogP contribution is 2.24. The van der Waals surface area contributed by atoms with Crippen LogP contribution in [0, 0.1) is 0 Å². The fraction of sp³-hybridized carbons (Fsp3) is 0.273. The summed E-state index contributed by atoms with van der Waals surface area (Å²) in [5, 5.41) is 23.5. The highest BCUT2D eigenvalue weighted by molar-refractivity contribution is 6.31. The van der Waals surface area contributed by atoms with Crippen LogP contribution in [0.3, 0.4) is 0 Å². The van der Waals surface area contributed by atoms with E-state index in [1.165, 1.54) is 4.90 Å². The number of benzene rings is 2. The zero-order valence-electron chi connectivity index (χ0n) is 16.5. The Morgan fingerprint density at radius 3 is 2.55 bits per heavy atom. The molecule has 3 atom stereocenters. The zero-order chi connectivity index (χ0) is 22.0. The van der Waals surface area contributed by atoms with Gasteiger partial charge in [-0.1, -0.05) is 41.9 Å². The number of hydrogen-bond donors (Lipinski definition) is 4. The van der Waals surface area contributed by atoms with Crippen LogP contribution in [0.2, 0.25) is 5.02 Å². The van der Waals surface area contributed by atoms with Crippen molar-refractivity contribution in [2.24, 2.45) is 0 Å². The number of halogens is 1. The molecule has 0 radical (unpaired) electrons. The lowest BCUT2D eigenvalue weighted by molar-refractivity contribution is -0.132. The molecule has 2 amide bonds. The molecule has 0 aliphatic carbocycles. The van der Waals surface area contributed by atoms with E-state index in [9.17, 15) is 19.8 Å². The maximum absolute atomic E-state index is 13.0. The van der Waals surface area contributed by atoms with Gasteiger partial charge >= 0.3 is 6.09 Å². The molecular weight excluding hydrogens is 422 g/mol. The third kappa shape index (κ3) is 4.99. The predicted molar refractivity (Wildman–Crippen MR) is 115 cm³/mol. The molecule has 3 aromatic rings. The smallest absolute Gasteiger partial charge is 0.393 e. The lowest BCUT2D eigenvalue weighted by Gasteiger charge is -2.24. The third-order valence-electron chi connectivity index (χ3n) is 5.20. The SMILES string of the molecule is O=C(N[C@@H](Cc1ccccc1)C(=O)N1C[C@H](O)[C@@H](O)C1)Oc1cc2cc(Cl)ccc2[nH]1. The van der Waals surface area contributed by atoms with Gasteiger partial charge in [-0.3, -0.25) is 4.79 Å². The van der Waals surface area contributed by atoms with E-state index >= 15 is 0 Å². The van der Waals surface area contributed by atoms with Gasteiger partial charge in [-0.15, -0.1) is 0 Å². The Bertz CT molecular complexity index is 1080. The maximum Gasteiger partial charge on any atom is 0.414 e. The first kappa shape index (κ1) is 21.2. The summed E-state index contributed by atoms with van der Waals surface area (Å²) >= 11 is 5.99. The number of ether oxygens (including phenoxy) is 1. The number of likely N-dealkylation sites (tertiary alicyclic amines) is 1. The monoisotopic (exact) mass is 443 g/mol. The van der Waals surface area contributed by atoms with Crippen molar-refractivity contribution < 1.29 is 24.5 Å². The van der Waals surface area contributed by atoms with Crippen molar-refractivity contribution in [3.8, 4) is 5.88 Å². The van der Waals surface area contributed by atoms with Gasteiger partial charge in [-0.25, -0.2) is 4.79 Å². The van der Waals surface area contributed by atoms with Crippen LogP contribution >= 0.6 is 11.6 Å². The van der Waals surface area contributed by atoms with Gasteiger partial charge in [-0.2, -0.15) is 0 Å². The highest BCUT2D eigenvalue weighted by Gasteiger charge is 2.36. The molecule has 1 aliphatic heterocycles. The number of carbonyl (C=O) groups is 2. The molecule has 31 heavy (non-hydrogen) atoms. The molecule has 1 saturated heterocycles. The van der Waals surface area contributed by atoms with Gasteiger partial charge in [0.15, 0.2) is 0 Å². The number of aromatic nitrogens is 1. The van der Waals surface area contributed by atoms with Gasteiger partial charge in [-0.05, 0) is 23.8 Å². The van der Waals surface area contributed by atoms with E-state index in [-0.39, 0.29) is 25.4 Å². The summed E-state index contributed by atoms with van der Waals surface area (Å²) in [6.45, 7) is 0.00951. The summed E-state index contributed by atoms with van der Waals surface area (Å²) in [6.07, 6.45) is -2.58. The minimum atomic E-state index is -1.01. The number of β-amino-alcohol motifs (C(OH)–C–C–N with tert-alkyl or cyclic N) is 2. The number of hydrogen-bond acceptors (Lipinski definition) is 5. The average molecular weight is 444 g/mol. The predicted octanol–water partition coefficient (Wildman–Crippen LogP) is 2.08. The molecule has 162 valence electrons. The Morgan fingerprint density at radius 2 is 1.84 bits per heavy atom. The first-order valence-electron chi connectivity index (χ1n) is 9.84. The Morgan fingerprint density at radius 1 is 1.13 bits per heavy atom. The summed E-state index contributed by atoms with van der Waals surface area (Å²) in [7, 11) is 0. The van der Waals surface area contributed by atoms with Crippen LogP contribution in [0.4, 0.5) is 4.79 Å². The topological polar surface area (TPSA) is 115 Å². The molecule has 2 heterocycles. The molecular formula is C22H22ClN3O5. The number of aliphatic hydroxyl groups is 2. The van der Waals surface area contributed by atoms with Crippen molar-refractivity contribution in [3.05, 3.63) is 65.2 Å². The number of aromatic amines is 1. The molecule has 1 aromatic heterocycles. The molecule has 0 bridgehead atoms. The van der Waals surface area contributed by atoms with E-state index in [4.69, 9.17) is 16.3 Å². The highest BCUT2D eigenvalue weighted by atomic mass is 35.5. The summed E-state index contributed by atoms with van der Waals surface area (Å²) < 4.78 is 5.34. The van der Waals surface area contributed by atoms with Crippen LogP contribution in [0.25, 0.3) is 10.9 Å². The second-order valence-electron chi connectivity index (χ2n) is 7.52. The largest absolute Gasteiger partial charge is 0.414 e. The number of amides is 2. The van der Waals surface area contributed by atoms with Gasteiger partial charge in [0.2, 0.25) is 11.8 Å². The first-order valence-corrected chi connectivity index (χ1v) is 10.2. The number of nitrogens with one attached hydrogen (secondary N) is 2. The molecule has 4 N–H and O–H groups in total. The van der Waals surface area contributed by atoms with Crippen molar-refractivity contribution in [1.82, 2.24) is 15.2 Å². The lowest BCUT2D eigenvalue weighted by atomic mass is 10.1. The maximum atomic E-state index is 13.0. The minimum absolute atomic E-state index is 0.00476. The van der Waals surface area contributed by atoms with E-state index in [1.54, 1.807) is 24.3 Å². The summed E-state index contributed by atoms with van der Waals surface area (Å²) in [6, 6.07) is 15.2. The van der Waals surface area contributed by atoms with Crippen molar-refractivity contribution in [3.63, 3.8) is 0 Å². The summed E-state index contributed by atoms with van der Waals surface area (Å²) in [5.41, 5.74) is 1.60. The quantitative estimate of drug-likeness (QED) is 0.482. The summed E-state index contributed by atoms with van der Waals surface area (Å²) in [5.74, 6) is -0.187. The second kappa shape index (κ2) is 8.97. The molecule has 8 nitrogen and oxygen atoms in total. The van der Waals surface area contributed by atoms with Crippen molar-refractivity contribution in [2.75, 3.05) is 13.1 Å². The van der Waals surface area contributed by atoms with Gasteiger partial charge < -0.3 is 30.2 Å². The Hall–Kier alpha value is -3.07. The van der Waals surface area contributed by atoms with Gasteiger partial charge in [0.25, 0.3) is 0 Å². The molecule has 0 unspecified atom stereocenters.